The highest BCUT2D eigenvalue weighted by atomic mass is 19.4. The predicted molar refractivity (Wildman–Crippen MR) is 60.6 cm³/mol. The molecule has 0 N–H and O–H groups in total. The summed E-state index contributed by atoms with van der Waals surface area (Å²) in [6, 6.07) is 3.25. The van der Waals surface area contributed by atoms with E-state index in [4.69, 9.17) is 0 Å². The third-order valence-corrected chi connectivity index (χ3v) is 3.20. The van der Waals surface area contributed by atoms with Crippen molar-refractivity contribution in [3.05, 3.63) is 23.9 Å². The summed E-state index contributed by atoms with van der Waals surface area (Å²) < 4.78 is 37.6. The van der Waals surface area contributed by atoms with Gasteiger partial charge in [0.15, 0.2) is 6.29 Å². The SMILES string of the molecule is O=Cc1cccnc1N1CCC(C(F)(F)F)CC1. The maximum Gasteiger partial charge on any atom is 0.391 e. The molecule has 1 aromatic rings. The molecule has 0 saturated carbocycles. The van der Waals surface area contributed by atoms with Gasteiger partial charge in [-0.1, -0.05) is 0 Å². The molecule has 0 atom stereocenters. The third kappa shape index (κ3) is 2.63. The number of piperidine rings is 1. The first-order chi connectivity index (χ1) is 8.52. The first kappa shape index (κ1) is 12.9. The van der Waals surface area contributed by atoms with Gasteiger partial charge in [-0.05, 0) is 25.0 Å². The summed E-state index contributed by atoms with van der Waals surface area (Å²) in [5.74, 6) is -0.759. The molecule has 0 spiro atoms. The number of nitrogens with zero attached hydrogens (tertiary/aromatic N) is 2. The van der Waals surface area contributed by atoms with E-state index in [2.05, 4.69) is 4.98 Å². The summed E-state index contributed by atoms with van der Waals surface area (Å²) in [5, 5.41) is 0. The Morgan fingerprint density at radius 1 is 1.33 bits per heavy atom. The molecule has 1 aromatic heterocycles. The molecule has 98 valence electrons. The molecule has 0 aliphatic carbocycles. The summed E-state index contributed by atoms with van der Waals surface area (Å²) in [4.78, 5) is 16.7. The highest BCUT2D eigenvalue weighted by Gasteiger charge is 2.41. The van der Waals surface area contributed by atoms with E-state index in [1.807, 2.05) is 0 Å². The minimum Gasteiger partial charge on any atom is -0.356 e. The number of rotatable bonds is 2. The molecular formula is C12H13F3N2O. The largest absolute Gasteiger partial charge is 0.391 e. The minimum absolute atomic E-state index is 0.0539. The van der Waals surface area contributed by atoms with Crippen molar-refractivity contribution < 1.29 is 18.0 Å². The van der Waals surface area contributed by atoms with E-state index in [1.54, 1.807) is 17.0 Å². The minimum atomic E-state index is -4.12. The van der Waals surface area contributed by atoms with Crippen LogP contribution in [0.5, 0.6) is 0 Å². The van der Waals surface area contributed by atoms with Gasteiger partial charge in [0, 0.05) is 19.3 Å². The van der Waals surface area contributed by atoms with E-state index >= 15 is 0 Å². The van der Waals surface area contributed by atoms with Crippen LogP contribution >= 0.6 is 0 Å². The average molecular weight is 258 g/mol. The molecule has 0 unspecified atom stereocenters. The van der Waals surface area contributed by atoms with Crippen LogP contribution in [-0.4, -0.2) is 30.5 Å². The van der Waals surface area contributed by atoms with Crippen molar-refractivity contribution in [1.29, 1.82) is 0 Å². The van der Waals surface area contributed by atoms with Gasteiger partial charge in [-0.2, -0.15) is 13.2 Å². The molecular weight excluding hydrogens is 245 g/mol. The van der Waals surface area contributed by atoms with Gasteiger partial charge in [-0.25, -0.2) is 4.98 Å². The van der Waals surface area contributed by atoms with E-state index in [-0.39, 0.29) is 25.9 Å². The fraction of sp³-hybridized carbons (Fsp3) is 0.500. The van der Waals surface area contributed by atoms with E-state index in [0.29, 0.717) is 17.7 Å². The Labute approximate surface area is 103 Å². The molecule has 2 heterocycles. The average Bonchev–Trinajstić information content (AvgIpc) is 2.38. The van der Waals surface area contributed by atoms with Gasteiger partial charge in [0.25, 0.3) is 0 Å². The van der Waals surface area contributed by atoms with E-state index in [1.165, 1.54) is 6.20 Å². The van der Waals surface area contributed by atoms with Crippen LogP contribution in [0.25, 0.3) is 0 Å². The molecule has 1 fully saturated rings. The lowest BCUT2D eigenvalue weighted by atomic mass is 9.96. The number of aromatic nitrogens is 1. The summed E-state index contributed by atoms with van der Waals surface area (Å²) in [7, 11) is 0. The molecule has 6 heteroatoms. The number of hydrogen-bond donors (Lipinski definition) is 0. The molecule has 0 radical (unpaired) electrons. The van der Waals surface area contributed by atoms with Crippen molar-refractivity contribution in [1.82, 2.24) is 4.98 Å². The van der Waals surface area contributed by atoms with Crippen LogP contribution < -0.4 is 4.90 Å². The van der Waals surface area contributed by atoms with Crippen molar-refractivity contribution >= 4 is 12.1 Å². The van der Waals surface area contributed by atoms with Crippen molar-refractivity contribution in [3.63, 3.8) is 0 Å². The van der Waals surface area contributed by atoms with Crippen LogP contribution in [0.1, 0.15) is 23.2 Å². The highest BCUT2D eigenvalue weighted by molar-refractivity contribution is 5.82. The summed E-state index contributed by atoms with van der Waals surface area (Å²) in [6.07, 6.45) is -1.79. The van der Waals surface area contributed by atoms with E-state index < -0.39 is 12.1 Å². The van der Waals surface area contributed by atoms with Gasteiger partial charge in [0.05, 0.1) is 11.5 Å². The number of carbonyl (C=O) groups is 1. The van der Waals surface area contributed by atoms with E-state index in [9.17, 15) is 18.0 Å². The highest BCUT2D eigenvalue weighted by Crippen LogP contribution is 2.35. The van der Waals surface area contributed by atoms with Gasteiger partial charge in [0.1, 0.15) is 5.82 Å². The number of pyridine rings is 1. The van der Waals surface area contributed by atoms with Crippen LogP contribution in [0.3, 0.4) is 0 Å². The topological polar surface area (TPSA) is 33.2 Å². The lowest BCUT2D eigenvalue weighted by Crippen LogP contribution is -2.39. The van der Waals surface area contributed by atoms with Crippen LogP contribution in [0.2, 0.25) is 0 Å². The second-order valence-corrected chi connectivity index (χ2v) is 4.34. The second kappa shape index (κ2) is 4.96. The zero-order chi connectivity index (χ0) is 13.2. The van der Waals surface area contributed by atoms with Crippen LogP contribution in [0.4, 0.5) is 19.0 Å². The molecule has 1 aliphatic heterocycles. The normalized spacial score (nSPS) is 17.8. The first-order valence-corrected chi connectivity index (χ1v) is 5.74. The van der Waals surface area contributed by atoms with Gasteiger partial charge < -0.3 is 4.90 Å². The fourth-order valence-corrected chi connectivity index (χ4v) is 2.18. The lowest BCUT2D eigenvalue weighted by molar-refractivity contribution is -0.179. The summed E-state index contributed by atoms with van der Waals surface area (Å²) in [6.45, 7) is 0.560. The van der Waals surface area contributed by atoms with Crippen LogP contribution in [-0.2, 0) is 0 Å². The van der Waals surface area contributed by atoms with Gasteiger partial charge in [-0.15, -0.1) is 0 Å². The number of carbonyl (C=O) groups excluding carboxylic acids is 1. The lowest BCUT2D eigenvalue weighted by Gasteiger charge is -2.34. The number of alkyl halides is 3. The van der Waals surface area contributed by atoms with Crippen molar-refractivity contribution in [3.8, 4) is 0 Å². The van der Waals surface area contributed by atoms with Crippen LogP contribution in [0, 0.1) is 5.92 Å². The monoisotopic (exact) mass is 258 g/mol. The predicted octanol–water partition coefficient (Wildman–Crippen LogP) is 2.67. The number of hydrogen-bond acceptors (Lipinski definition) is 3. The molecule has 2 rings (SSSR count). The molecule has 18 heavy (non-hydrogen) atoms. The molecule has 0 bridgehead atoms. The Kier molecular flexibility index (Phi) is 3.54. The van der Waals surface area contributed by atoms with Gasteiger partial charge in [0.2, 0.25) is 0 Å². The Morgan fingerprint density at radius 3 is 2.56 bits per heavy atom. The van der Waals surface area contributed by atoms with Crippen LogP contribution in [0.15, 0.2) is 18.3 Å². The quantitative estimate of drug-likeness (QED) is 0.765. The zero-order valence-electron chi connectivity index (χ0n) is 9.65. The Bertz CT molecular complexity index is 426. The number of anilines is 1. The Morgan fingerprint density at radius 2 is 2.00 bits per heavy atom. The van der Waals surface area contributed by atoms with Gasteiger partial charge >= 0.3 is 6.18 Å². The maximum atomic E-state index is 12.5. The maximum absolute atomic E-state index is 12.5. The summed E-state index contributed by atoms with van der Waals surface area (Å²) in [5.41, 5.74) is 0.419. The Balaban J connectivity index is 2.08. The van der Waals surface area contributed by atoms with Gasteiger partial charge in [-0.3, -0.25) is 4.79 Å². The molecule has 1 aliphatic rings. The third-order valence-electron chi connectivity index (χ3n) is 3.20. The van der Waals surface area contributed by atoms with Crippen molar-refractivity contribution in [2.24, 2.45) is 5.92 Å². The standard InChI is InChI=1S/C12H13F3N2O/c13-12(14,15)10-3-6-17(7-4-10)11-9(8-18)2-1-5-16-11/h1-2,5,8,10H,3-4,6-7H2. The zero-order valence-corrected chi connectivity index (χ0v) is 9.65. The van der Waals surface area contributed by atoms with Crippen molar-refractivity contribution in [2.75, 3.05) is 18.0 Å². The fourth-order valence-electron chi connectivity index (χ4n) is 2.18. The molecule has 0 aromatic carbocycles. The smallest absolute Gasteiger partial charge is 0.356 e. The molecule has 3 nitrogen and oxygen atoms in total. The number of halogens is 3. The molecule has 1 saturated heterocycles. The van der Waals surface area contributed by atoms with Crippen molar-refractivity contribution in [2.45, 2.75) is 19.0 Å². The molecule has 0 amide bonds. The Hall–Kier alpha value is -1.59. The summed E-state index contributed by atoms with van der Waals surface area (Å²) >= 11 is 0. The number of aldehydes is 1. The first-order valence-electron chi connectivity index (χ1n) is 5.74. The second-order valence-electron chi connectivity index (χ2n) is 4.34. The van der Waals surface area contributed by atoms with E-state index in [0.717, 1.165) is 0 Å².